The predicted molar refractivity (Wildman–Crippen MR) is 47.6 cm³/mol. The van der Waals surface area contributed by atoms with Crippen LogP contribution in [0.4, 0.5) is 8.78 Å². The molecular formula is C10H9F2N. The fraction of sp³-hybridized carbons (Fsp3) is 0.200. The highest BCUT2D eigenvalue weighted by atomic mass is 19.1. The largest absolute Gasteiger partial charge is 0.350 e. The third-order valence-corrected chi connectivity index (χ3v) is 2.30. The maximum atomic E-state index is 13.2. The summed E-state index contributed by atoms with van der Waals surface area (Å²) >= 11 is 0. The van der Waals surface area contributed by atoms with Crippen molar-refractivity contribution in [2.45, 2.75) is 6.92 Å². The highest BCUT2D eigenvalue weighted by Crippen LogP contribution is 2.24. The van der Waals surface area contributed by atoms with E-state index in [0.717, 1.165) is 6.07 Å². The fourth-order valence-electron chi connectivity index (χ4n) is 1.60. The Morgan fingerprint density at radius 3 is 2.62 bits per heavy atom. The van der Waals surface area contributed by atoms with E-state index in [0.29, 0.717) is 16.5 Å². The molecule has 3 heteroatoms. The van der Waals surface area contributed by atoms with Gasteiger partial charge in [-0.15, -0.1) is 0 Å². The van der Waals surface area contributed by atoms with Crippen LogP contribution in [-0.2, 0) is 7.05 Å². The first-order valence-corrected chi connectivity index (χ1v) is 4.01. The normalized spacial score (nSPS) is 11.1. The van der Waals surface area contributed by atoms with Crippen molar-refractivity contribution in [1.29, 1.82) is 0 Å². The Kier molecular flexibility index (Phi) is 1.62. The van der Waals surface area contributed by atoms with Crippen LogP contribution in [0.25, 0.3) is 10.9 Å². The molecule has 0 saturated heterocycles. The van der Waals surface area contributed by atoms with E-state index in [9.17, 15) is 8.78 Å². The summed E-state index contributed by atoms with van der Waals surface area (Å²) in [7, 11) is 1.77. The molecule has 0 atom stereocenters. The molecule has 0 radical (unpaired) electrons. The number of aryl methyl sites for hydroxylation is 2. The molecule has 0 aliphatic carbocycles. The van der Waals surface area contributed by atoms with Crippen molar-refractivity contribution in [3.8, 4) is 0 Å². The Balaban J connectivity index is 3.00. The molecule has 2 aromatic rings. The predicted octanol–water partition coefficient (Wildman–Crippen LogP) is 2.76. The van der Waals surface area contributed by atoms with Crippen molar-refractivity contribution in [2.24, 2.45) is 7.05 Å². The van der Waals surface area contributed by atoms with E-state index in [4.69, 9.17) is 0 Å². The molecule has 13 heavy (non-hydrogen) atoms. The number of fused-ring (bicyclic) bond motifs is 1. The zero-order valence-electron chi connectivity index (χ0n) is 7.44. The molecule has 0 amide bonds. The second kappa shape index (κ2) is 2.55. The number of nitrogens with zero attached hydrogens (tertiary/aromatic N) is 1. The average molecular weight is 181 g/mol. The van der Waals surface area contributed by atoms with Crippen LogP contribution in [0.15, 0.2) is 18.3 Å². The highest BCUT2D eigenvalue weighted by Gasteiger charge is 2.10. The van der Waals surface area contributed by atoms with E-state index in [-0.39, 0.29) is 0 Å². The average Bonchev–Trinajstić information content (AvgIpc) is 2.44. The van der Waals surface area contributed by atoms with Gasteiger partial charge in [0.05, 0.1) is 5.52 Å². The maximum absolute atomic E-state index is 13.2. The van der Waals surface area contributed by atoms with Crippen LogP contribution >= 0.6 is 0 Å². The molecular weight excluding hydrogens is 172 g/mol. The first-order valence-electron chi connectivity index (χ1n) is 4.01. The lowest BCUT2D eigenvalue weighted by molar-refractivity contribution is 0.585. The summed E-state index contributed by atoms with van der Waals surface area (Å²) in [6.07, 6.45) is 1.72. The van der Waals surface area contributed by atoms with Gasteiger partial charge in [0, 0.05) is 30.3 Å². The Labute approximate surface area is 74.6 Å². The second-order valence-electron chi connectivity index (χ2n) is 3.15. The van der Waals surface area contributed by atoms with Gasteiger partial charge in [0.1, 0.15) is 11.6 Å². The van der Waals surface area contributed by atoms with Crippen molar-refractivity contribution < 1.29 is 8.78 Å². The summed E-state index contributed by atoms with van der Waals surface area (Å²) in [5, 5.41) is 0.474. The maximum Gasteiger partial charge on any atom is 0.135 e. The Morgan fingerprint density at radius 2 is 1.92 bits per heavy atom. The third-order valence-electron chi connectivity index (χ3n) is 2.30. The molecule has 2 rings (SSSR count). The molecule has 0 fully saturated rings. The van der Waals surface area contributed by atoms with Crippen LogP contribution < -0.4 is 0 Å². The standard InChI is InChI=1S/C10H9F2N/c1-6-8(11)5-9(12)7-3-4-13(2)10(6)7/h3-5H,1-2H3. The van der Waals surface area contributed by atoms with Crippen molar-refractivity contribution in [2.75, 3.05) is 0 Å². The lowest BCUT2D eigenvalue weighted by Gasteiger charge is -2.03. The SMILES string of the molecule is Cc1c(F)cc(F)c2ccn(C)c12. The lowest BCUT2D eigenvalue weighted by Crippen LogP contribution is -1.92. The minimum absolute atomic E-state index is 0.474. The van der Waals surface area contributed by atoms with Crippen LogP contribution in [0.2, 0.25) is 0 Å². The minimum atomic E-state index is -0.501. The number of benzene rings is 1. The Hall–Kier alpha value is -1.38. The summed E-state index contributed by atoms with van der Waals surface area (Å²) in [5.41, 5.74) is 1.11. The Morgan fingerprint density at radius 1 is 1.23 bits per heavy atom. The third kappa shape index (κ3) is 1.03. The van der Waals surface area contributed by atoms with Gasteiger partial charge in [-0.3, -0.25) is 0 Å². The topological polar surface area (TPSA) is 4.93 Å². The van der Waals surface area contributed by atoms with Gasteiger partial charge in [-0.25, -0.2) is 8.78 Å². The van der Waals surface area contributed by atoms with Gasteiger partial charge >= 0.3 is 0 Å². The van der Waals surface area contributed by atoms with E-state index in [1.54, 1.807) is 30.8 Å². The van der Waals surface area contributed by atoms with Crippen molar-refractivity contribution in [3.63, 3.8) is 0 Å². The van der Waals surface area contributed by atoms with Gasteiger partial charge < -0.3 is 4.57 Å². The molecule has 68 valence electrons. The molecule has 1 aromatic carbocycles. The van der Waals surface area contributed by atoms with Crippen molar-refractivity contribution in [1.82, 2.24) is 4.57 Å². The molecule has 0 saturated carbocycles. The lowest BCUT2D eigenvalue weighted by atomic mass is 10.1. The molecule has 0 bridgehead atoms. The molecule has 1 heterocycles. The number of aromatic nitrogens is 1. The van der Waals surface area contributed by atoms with E-state index in [1.807, 2.05) is 0 Å². The van der Waals surface area contributed by atoms with Crippen LogP contribution in [0.3, 0.4) is 0 Å². The zero-order valence-corrected chi connectivity index (χ0v) is 7.44. The van der Waals surface area contributed by atoms with E-state index in [2.05, 4.69) is 0 Å². The molecule has 1 nitrogen and oxygen atoms in total. The van der Waals surface area contributed by atoms with Crippen LogP contribution in [-0.4, -0.2) is 4.57 Å². The first-order chi connectivity index (χ1) is 6.11. The van der Waals surface area contributed by atoms with Gasteiger partial charge in [-0.1, -0.05) is 0 Å². The molecule has 0 spiro atoms. The van der Waals surface area contributed by atoms with Crippen LogP contribution in [0, 0.1) is 18.6 Å². The molecule has 0 aliphatic rings. The smallest absolute Gasteiger partial charge is 0.135 e. The van der Waals surface area contributed by atoms with Gasteiger partial charge in [0.15, 0.2) is 0 Å². The number of hydrogen-bond donors (Lipinski definition) is 0. The first kappa shape index (κ1) is 8.23. The molecule has 0 unspecified atom stereocenters. The monoisotopic (exact) mass is 181 g/mol. The van der Waals surface area contributed by atoms with E-state index in [1.165, 1.54) is 0 Å². The summed E-state index contributed by atoms with van der Waals surface area (Å²) in [4.78, 5) is 0. The molecule has 0 aliphatic heterocycles. The quantitative estimate of drug-likeness (QED) is 0.589. The zero-order chi connectivity index (χ0) is 9.59. The van der Waals surface area contributed by atoms with Gasteiger partial charge in [0.2, 0.25) is 0 Å². The van der Waals surface area contributed by atoms with Crippen molar-refractivity contribution >= 4 is 10.9 Å². The van der Waals surface area contributed by atoms with Gasteiger partial charge in [0.25, 0.3) is 0 Å². The number of halogens is 2. The minimum Gasteiger partial charge on any atom is -0.350 e. The number of rotatable bonds is 0. The van der Waals surface area contributed by atoms with Crippen LogP contribution in [0.1, 0.15) is 5.56 Å². The molecule has 0 N–H and O–H groups in total. The number of hydrogen-bond acceptors (Lipinski definition) is 0. The molecule has 1 aromatic heterocycles. The van der Waals surface area contributed by atoms with Crippen LogP contribution in [0.5, 0.6) is 0 Å². The van der Waals surface area contributed by atoms with Gasteiger partial charge in [-0.2, -0.15) is 0 Å². The van der Waals surface area contributed by atoms with Crippen molar-refractivity contribution in [3.05, 3.63) is 35.5 Å². The van der Waals surface area contributed by atoms with Gasteiger partial charge in [-0.05, 0) is 13.0 Å². The summed E-state index contributed by atoms with van der Waals surface area (Å²) in [6.45, 7) is 1.65. The van der Waals surface area contributed by atoms with E-state index < -0.39 is 11.6 Å². The fourth-order valence-corrected chi connectivity index (χ4v) is 1.60. The summed E-state index contributed by atoms with van der Waals surface area (Å²) < 4.78 is 28.0. The highest BCUT2D eigenvalue weighted by molar-refractivity contribution is 5.83. The summed E-state index contributed by atoms with van der Waals surface area (Å²) in [5.74, 6) is -0.995. The summed E-state index contributed by atoms with van der Waals surface area (Å²) in [6, 6.07) is 2.58. The van der Waals surface area contributed by atoms with E-state index >= 15 is 0 Å². The Bertz CT molecular complexity index is 471. The second-order valence-corrected chi connectivity index (χ2v) is 3.15.